The van der Waals surface area contributed by atoms with Gasteiger partial charge in [0.1, 0.15) is 0 Å². The van der Waals surface area contributed by atoms with E-state index in [4.69, 9.17) is 4.98 Å². The molecule has 0 fully saturated rings. The number of carbonyl (C=O) groups excluding carboxylic acids is 1. The first-order valence-electron chi connectivity index (χ1n) is 10.9. The van der Waals surface area contributed by atoms with E-state index in [9.17, 15) is 4.79 Å². The van der Waals surface area contributed by atoms with Crippen molar-refractivity contribution in [1.82, 2.24) is 9.88 Å². The molecule has 0 atom stereocenters. The number of rotatable bonds is 4. The Labute approximate surface area is 181 Å². The second kappa shape index (κ2) is 7.24. The van der Waals surface area contributed by atoms with Crippen LogP contribution in [0.25, 0.3) is 22.0 Å². The number of fused-ring (bicyclic) bond motifs is 3. The van der Waals surface area contributed by atoms with Crippen LogP contribution in [-0.2, 0) is 19.4 Å². The second-order valence-corrected chi connectivity index (χ2v) is 8.36. The van der Waals surface area contributed by atoms with Crippen LogP contribution in [0.5, 0.6) is 0 Å². The van der Waals surface area contributed by atoms with Gasteiger partial charge in [-0.3, -0.25) is 9.78 Å². The van der Waals surface area contributed by atoms with Crippen LogP contribution in [0.4, 0.5) is 5.69 Å². The van der Waals surface area contributed by atoms with Gasteiger partial charge in [0.25, 0.3) is 5.91 Å². The Morgan fingerprint density at radius 2 is 1.87 bits per heavy atom. The molecule has 0 aliphatic carbocycles. The molecule has 4 heteroatoms. The molecule has 0 saturated heterocycles. The predicted molar refractivity (Wildman–Crippen MR) is 124 cm³/mol. The lowest BCUT2D eigenvalue weighted by Crippen LogP contribution is -2.26. The first-order valence-corrected chi connectivity index (χ1v) is 10.9. The average Bonchev–Trinajstić information content (AvgIpc) is 3.41. The van der Waals surface area contributed by atoms with Crippen LogP contribution in [-0.4, -0.2) is 28.9 Å². The smallest absolute Gasteiger partial charge is 0.255 e. The largest absolute Gasteiger partial charge is 0.384 e. The highest BCUT2D eigenvalue weighted by Crippen LogP contribution is 2.35. The van der Waals surface area contributed by atoms with Gasteiger partial charge in [-0.2, -0.15) is 0 Å². The maximum absolute atomic E-state index is 13.3. The van der Waals surface area contributed by atoms with Crippen LogP contribution in [0.1, 0.15) is 27.2 Å². The molecule has 3 aromatic carbocycles. The Bertz CT molecular complexity index is 1330. The maximum Gasteiger partial charge on any atom is 0.255 e. The highest BCUT2D eigenvalue weighted by atomic mass is 16.2. The fourth-order valence-corrected chi connectivity index (χ4v) is 4.80. The Morgan fingerprint density at radius 1 is 0.935 bits per heavy atom. The summed E-state index contributed by atoms with van der Waals surface area (Å²) in [6.07, 6.45) is 1.82. The van der Waals surface area contributed by atoms with Gasteiger partial charge >= 0.3 is 0 Å². The summed E-state index contributed by atoms with van der Waals surface area (Å²) in [6.45, 7) is 2.32. The minimum Gasteiger partial charge on any atom is -0.384 e. The number of hydrogen-bond acceptors (Lipinski definition) is 3. The first-order chi connectivity index (χ1) is 15.3. The van der Waals surface area contributed by atoms with Gasteiger partial charge in [0.2, 0.25) is 0 Å². The normalized spacial score (nSPS) is 14.6. The van der Waals surface area contributed by atoms with Gasteiger partial charge in [-0.25, -0.2) is 0 Å². The fraction of sp³-hybridized carbons (Fsp3) is 0.185. The SMILES string of the molecule is O=C1c2c(cccc2-c2ccc3c(c2)NCC3)CN1CCc1ccc2ccccc2n1. The maximum atomic E-state index is 13.3. The van der Waals surface area contributed by atoms with E-state index in [1.807, 2.05) is 23.1 Å². The monoisotopic (exact) mass is 405 g/mol. The van der Waals surface area contributed by atoms with E-state index in [-0.39, 0.29) is 5.91 Å². The van der Waals surface area contributed by atoms with E-state index < -0.39 is 0 Å². The lowest BCUT2D eigenvalue weighted by molar-refractivity contribution is 0.0780. The minimum atomic E-state index is 0.125. The molecule has 6 rings (SSSR count). The van der Waals surface area contributed by atoms with E-state index >= 15 is 0 Å². The molecule has 1 amide bonds. The third-order valence-electron chi connectivity index (χ3n) is 6.44. The lowest BCUT2D eigenvalue weighted by Gasteiger charge is -2.16. The number of hydrogen-bond donors (Lipinski definition) is 1. The van der Waals surface area contributed by atoms with Crippen molar-refractivity contribution in [2.75, 3.05) is 18.4 Å². The topological polar surface area (TPSA) is 45.2 Å². The quantitative estimate of drug-likeness (QED) is 0.516. The number of carbonyl (C=O) groups is 1. The van der Waals surface area contributed by atoms with Crippen molar-refractivity contribution >= 4 is 22.5 Å². The molecular formula is C27H23N3O. The number of benzene rings is 3. The van der Waals surface area contributed by atoms with Gasteiger partial charge in [-0.15, -0.1) is 0 Å². The zero-order valence-electron chi connectivity index (χ0n) is 17.3. The Hall–Kier alpha value is -3.66. The summed E-state index contributed by atoms with van der Waals surface area (Å²) in [6, 6.07) is 25.1. The molecule has 0 spiro atoms. The number of para-hydroxylation sites is 1. The Balaban J connectivity index is 1.25. The highest BCUT2D eigenvalue weighted by Gasteiger charge is 2.30. The van der Waals surface area contributed by atoms with E-state index in [1.165, 1.54) is 11.3 Å². The van der Waals surface area contributed by atoms with Gasteiger partial charge < -0.3 is 10.2 Å². The highest BCUT2D eigenvalue weighted by molar-refractivity contribution is 6.04. The number of pyridine rings is 1. The van der Waals surface area contributed by atoms with Crippen molar-refractivity contribution in [1.29, 1.82) is 0 Å². The number of nitrogens with zero attached hydrogens (tertiary/aromatic N) is 2. The van der Waals surface area contributed by atoms with Gasteiger partial charge in [-0.05, 0) is 46.9 Å². The molecule has 0 saturated carbocycles. The van der Waals surface area contributed by atoms with E-state index in [0.29, 0.717) is 13.1 Å². The summed E-state index contributed by atoms with van der Waals surface area (Å²) in [7, 11) is 0. The molecule has 0 radical (unpaired) electrons. The third kappa shape index (κ3) is 3.15. The van der Waals surface area contributed by atoms with E-state index in [0.717, 1.165) is 58.2 Å². The molecule has 1 aromatic heterocycles. The van der Waals surface area contributed by atoms with Gasteiger partial charge in [0, 0.05) is 42.8 Å². The number of nitrogens with one attached hydrogen (secondary N) is 1. The zero-order valence-corrected chi connectivity index (χ0v) is 17.3. The standard InChI is InChI=1S/C27H23N3O/c31-27-26-21(5-3-6-23(26)20-9-8-19-12-14-28-25(19)16-20)17-30(27)15-13-22-11-10-18-4-1-2-7-24(18)29-22/h1-11,16,28H,12-15,17H2. The molecule has 4 nitrogen and oxygen atoms in total. The molecule has 31 heavy (non-hydrogen) atoms. The molecular weight excluding hydrogens is 382 g/mol. The molecule has 0 bridgehead atoms. The van der Waals surface area contributed by atoms with Crippen molar-refractivity contribution in [3.05, 3.63) is 95.2 Å². The van der Waals surface area contributed by atoms with Crippen LogP contribution in [0, 0.1) is 0 Å². The zero-order chi connectivity index (χ0) is 20.8. The van der Waals surface area contributed by atoms with Crippen molar-refractivity contribution in [3.8, 4) is 11.1 Å². The lowest BCUT2D eigenvalue weighted by atomic mass is 9.95. The number of aromatic nitrogens is 1. The van der Waals surface area contributed by atoms with E-state index in [2.05, 4.69) is 59.9 Å². The van der Waals surface area contributed by atoms with Crippen molar-refractivity contribution in [2.24, 2.45) is 0 Å². The summed E-state index contributed by atoms with van der Waals surface area (Å²) in [5, 5.41) is 4.59. The molecule has 0 unspecified atom stereocenters. The predicted octanol–water partition coefficient (Wildman–Crippen LogP) is 5.07. The van der Waals surface area contributed by atoms with Gasteiger partial charge in [-0.1, -0.05) is 54.6 Å². The molecule has 2 aliphatic heterocycles. The van der Waals surface area contributed by atoms with Crippen LogP contribution in [0.2, 0.25) is 0 Å². The second-order valence-electron chi connectivity index (χ2n) is 8.36. The van der Waals surface area contributed by atoms with Gasteiger partial charge in [0.15, 0.2) is 0 Å². The molecule has 4 aromatic rings. The number of anilines is 1. The summed E-state index contributed by atoms with van der Waals surface area (Å²) < 4.78 is 0. The van der Waals surface area contributed by atoms with Crippen molar-refractivity contribution in [2.45, 2.75) is 19.4 Å². The molecule has 2 aliphatic rings. The molecule has 152 valence electrons. The van der Waals surface area contributed by atoms with Crippen LogP contribution >= 0.6 is 0 Å². The van der Waals surface area contributed by atoms with Gasteiger partial charge in [0.05, 0.1) is 11.1 Å². The van der Waals surface area contributed by atoms with E-state index in [1.54, 1.807) is 0 Å². The minimum absolute atomic E-state index is 0.125. The third-order valence-corrected chi connectivity index (χ3v) is 6.44. The number of amides is 1. The fourth-order valence-electron chi connectivity index (χ4n) is 4.80. The molecule has 3 heterocycles. The van der Waals surface area contributed by atoms with Crippen molar-refractivity contribution in [3.63, 3.8) is 0 Å². The Morgan fingerprint density at radius 3 is 2.84 bits per heavy atom. The summed E-state index contributed by atoms with van der Waals surface area (Å²) in [5.41, 5.74) is 8.68. The van der Waals surface area contributed by atoms with Crippen LogP contribution < -0.4 is 5.32 Å². The summed E-state index contributed by atoms with van der Waals surface area (Å²) in [4.78, 5) is 20.1. The van der Waals surface area contributed by atoms with Crippen molar-refractivity contribution < 1.29 is 4.79 Å². The summed E-state index contributed by atoms with van der Waals surface area (Å²) >= 11 is 0. The first kappa shape index (κ1) is 18.1. The molecule has 1 N–H and O–H groups in total. The summed E-state index contributed by atoms with van der Waals surface area (Å²) in [5.74, 6) is 0.125. The Kier molecular flexibility index (Phi) is 4.23. The van der Waals surface area contributed by atoms with Crippen LogP contribution in [0.15, 0.2) is 72.8 Å². The average molecular weight is 406 g/mol. The van der Waals surface area contributed by atoms with Crippen LogP contribution in [0.3, 0.4) is 0 Å².